The van der Waals surface area contributed by atoms with Gasteiger partial charge in [-0.1, -0.05) is 20.8 Å². The molecule has 6 nitrogen and oxygen atoms in total. The summed E-state index contributed by atoms with van der Waals surface area (Å²) >= 11 is 0. The summed E-state index contributed by atoms with van der Waals surface area (Å²) in [4.78, 5) is 12.1. The van der Waals surface area contributed by atoms with Crippen molar-refractivity contribution in [3.63, 3.8) is 0 Å². The van der Waals surface area contributed by atoms with Crippen LogP contribution in [0.4, 0.5) is 0 Å². The zero-order valence-electron chi connectivity index (χ0n) is 15.3. The number of nitrogens with zero attached hydrogens (tertiary/aromatic N) is 1. The second-order valence-corrected chi connectivity index (χ2v) is 9.00. The number of likely N-dealkylation sites (N-methyl/N-ethyl adjacent to an activating group) is 1. The van der Waals surface area contributed by atoms with E-state index in [1.165, 1.54) is 13.1 Å². The van der Waals surface area contributed by atoms with Crippen LogP contribution in [0.3, 0.4) is 0 Å². The van der Waals surface area contributed by atoms with Gasteiger partial charge in [-0.2, -0.15) is 4.31 Å². The molecule has 0 unspecified atom stereocenters. The highest BCUT2D eigenvalue weighted by molar-refractivity contribution is 7.89. The highest BCUT2D eigenvalue weighted by atomic mass is 32.2. The monoisotopic (exact) mass is 356 g/mol. The number of aryl methyl sites for hydroxylation is 1. The van der Waals surface area contributed by atoms with Gasteiger partial charge >= 0.3 is 0 Å². The van der Waals surface area contributed by atoms with Crippen LogP contribution in [0, 0.1) is 12.3 Å². The molecule has 0 aliphatic rings. The van der Waals surface area contributed by atoms with Crippen LogP contribution >= 0.6 is 0 Å². The van der Waals surface area contributed by atoms with E-state index in [9.17, 15) is 13.2 Å². The molecule has 24 heavy (non-hydrogen) atoms. The van der Waals surface area contributed by atoms with Crippen LogP contribution in [0.5, 0.6) is 5.75 Å². The molecule has 1 aromatic carbocycles. The van der Waals surface area contributed by atoms with Crippen LogP contribution in [0.15, 0.2) is 23.1 Å². The van der Waals surface area contributed by atoms with Gasteiger partial charge in [0.05, 0.1) is 18.0 Å². The van der Waals surface area contributed by atoms with Gasteiger partial charge in [-0.3, -0.25) is 4.79 Å². The van der Waals surface area contributed by atoms with Gasteiger partial charge in [-0.05, 0) is 43.0 Å². The molecular weight excluding hydrogens is 328 g/mol. The van der Waals surface area contributed by atoms with Crippen LogP contribution in [0.2, 0.25) is 0 Å². The fraction of sp³-hybridized carbons (Fsp3) is 0.588. The van der Waals surface area contributed by atoms with Crippen molar-refractivity contribution in [3.05, 3.63) is 23.8 Å². The number of hydrogen-bond donors (Lipinski definition) is 1. The number of nitrogens with one attached hydrogen (secondary N) is 1. The number of carbonyl (C=O) groups is 1. The molecule has 1 amide bonds. The molecule has 0 bridgehead atoms. The van der Waals surface area contributed by atoms with Crippen molar-refractivity contribution >= 4 is 15.9 Å². The molecule has 0 fully saturated rings. The van der Waals surface area contributed by atoms with Gasteiger partial charge in [-0.25, -0.2) is 8.42 Å². The van der Waals surface area contributed by atoms with Crippen molar-refractivity contribution in [2.75, 3.05) is 26.7 Å². The van der Waals surface area contributed by atoms with Gasteiger partial charge in [0.2, 0.25) is 15.9 Å². The average molecular weight is 356 g/mol. The number of benzene rings is 1. The molecular formula is C17H28N2O4S. The predicted molar refractivity (Wildman–Crippen MR) is 94.6 cm³/mol. The zero-order valence-corrected chi connectivity index (χ0v) is 16.2. The van der Waals surface area contributed by atoms with Crippen LogP contribution in [-0.2, 0) is 14.8 Å². The first-order chi connectivity index (χ1) is 11.0. The van der Waals surface area contributed by atoms with E-state index in [-0.39, 0.29) is 22.8 Å². The van der Waals surface area contributed by atoms with Gasteiger partial charge in [0.25, 0.3) is 0 Å². The van der Waals surface area contributed by atoms with Crippen molar-refractivity contribution in [1.29, 1.82) is 0 Å². The fourth-order valence-corrected chi connectivity index (χ4v) is 3.20. The van der Waals surface area contributed by atoms with E-state index in [0.717, 1.165) is 9.87 Å². The molecule has 136 valence electrons. The smallest absolute Gasteiger partial charge is 0.243 e. The molecule has 1 aromatic rings. The van der Waals surface area contributed by atoms with Gasteiger partial charge in [0, 0.05) is 13.6 Å². The van der Waals surface area contributed by atoms with Gasteiger partial charge in [-0.15, -0.1) is 0 Å². The van der Waals surface area contributed by atoms with Crippen molar-refractivity contribution in [2.45, 2.75) is 39.5 Å². The molecule has 0 saturated heterocycles. The highest BCUT2D eigenvalue weighted by Crippen LogP contribution is 2.23. The molecule has 0 aliphatic heterocycles. The third-order valence-corrected chi connectivity index (χ3v) is 5.14. The zero-order chi connectivity index (χ0) is 18.5. The van der Waals surface area contributed by atoms with E-state index in [4.69, 9.17) is 4.74 Å². The quantitative estimate of drug-likeness (QED) is 0.812. The summed E-state index contributed by atoms with van der Waals surface area (Å²) in [6.45, 7) is 10.4. The van der Waals surface area contributed by atoms with Crippen molar-refractivity contribution in [3.8, 4) is 5.75 Å². The normalized spacial score (nSPS) is 12.3. The molecule has 0 radical (unpaired) electrons. The summed E-state index contributed by atoms with van der Waals surface area (Å²) in [7, 11) is -2.32. The topological polar surface area (TPSA) is 75.7 Å². The number of hydrogen-bond acceptors (Lipinski definition) is 4. The molecule has 7 heteroatoms. The Balaban J connectivity index is 2.84. The molecule has 0 spiro atoms. The molecule has 0 atom stereocenters. The van der Waals surface area contributed by atoms with Crippen molar-refractivity contribution < 1.29 is 17.9 Å². The number of sulfonamides is 1. The van der Waals surface area contributed by atoms with E-state index in [0.29, 0.717) is 18.9 Å². The standard InChI is InChI=1S/C17H28N2O4S/c1-7-23-15-9-8-14(10-13(15)2)24(21,22)19(6)11-16(20)18-12-17(3,4)5/h8-10H,7,11-12H2,1-6H3,(H,18,20). The minimum absolute atomic E-state index is 0.0562. The SMILES string of the molecule is CCOc1ccc(S(=O)(=O)N(C)CC(=O)NCC(C)(C)C)cc1C. The Bertz CT molecular complexity index is 678. The second-order valence-electron chi connectivity index (χ2n) is 6.96. The summed E-state index contributed by atoms with van der Waals surface area (Å²) in [5.41, 5.74) is 0.683. The number of carbonyl (C=O) groups excluding carboxylic acids is 1. The first-order valence-corrected chi connectivity index (χ1v) is 9.38. The predicted octanol–water partition coefficient (Wildman–Crippen LogP) is 2.18. The summed E-state index contributed by atoms with van der Waals surface area (Å²) < 4.78 is 31.7. The van der Waals surface area contributed by atoms with Gasteiger partial charge in [0.1, 0.15) is 5.75 Å². The Morgan fingerprint density at radius 2 is 1.92 bits per heavy atom. The molecule has 0 heterocycles. The van der Waals surface area contributed by atoms with E-state index in [1.807, 2.05) is 27.7 Å². The van der Waals surface area contributed by atoms with Crippen LogP contribution in [0.25, 0.3) is 0 Å². The largest absolute Gasteiger partial charge is 0.494 e. The second kappa shape index (κ2) is 7.98. The van der Waals surface area contributed by atoms with Crippen LogP contribution in [0.1, 0.15) is 33.3 Å². The fourth-order valence-electron chi connectivity index (χ4n) is 1.99. The maximum atomic E-state index is 12.6. The lowest BCUT2D eigenvalue weighted by atomic mass is 9.97. The Labute approximate surface area is 145 Å². The van der Waals surface area contributed by atoms with Gasteiger partial charge in [0.15, 0.2) is 0 Å². The Morgan fingerprint density at radius 1 is 1.29 bits per heavy atom. The lowest BCUT2D eigenvalue weighted by molar-refractivity contribution is -0.121. The first-order valence-electron chi connectivity index (χ1n) is 7.94. The summed E-state index contributed by atoms with van der Waals surface area (Å²) in [5, 5.41) is 2.75. The van der Waals surface area contributed by atoms with Crippen molar-refractivity contribution in [1.82, 2.24) is 9.62 Å². The third-order valence-electron chi connectivity index (χ3n) is 3.34. The number of amides is 1. The maximum Gasteiger partial charge on any atom is 0.243 e. The lowest BCUT2D eigenvalue weighted by Crippen LogP contribution is -2.41. The molecule has 1 rings (SSSR count). The minimum Gasteiger partial charge on any atom is -0.494 e. The number of rotatable bonds is 7. The van der Waals surface area contributed by atoms with Crippen molar-refractivity contribution in [2.24, 2.45) is 5.41 Å². The average Bonchev–Trinajstić information content (AvgIpc) is 2.46. The molecule has 0 saturated carbocycles. The number of ether oxygens (including phenoxy) is 1. The van der Waals surface area contributed by atoms with Crippen LogP contribution < -0.4 is 10.1 Å². The van der Waals surface area contributed by atoms with Gasteiger partial charge < -0.3 is 10.1 Å². The Morgan fingerprint density at radius 3 is 2.42 bits per heavy atom. The molecule has 0 aliphatic carbocycles. The maximum absolute atomic E-state index is 12.6. The van der Waals surface area contributed by atoms with E-state index < -0.39 is 10.0 Å². The molecule has 1 N–H and O–H groups in total. The summed E-state index contributed by atoms with van der Waals surface area (Å²) in [5.74, 6) is 0.334. The minimum atomic E-state index is -3.73. The lowest BCUT2D eigenvalue weighted by Gasteiger charge is -2.21. The Kier molecular flexibility index (Phi) is 6.80. The van der Waals surface area contributed by atoms with E-state index >= 15 is 0 Å². The van der Waals surface area contributed by atoms with E-state index in [2.05, 4.69) is 5.32 Å². The molecule has 0 aromatic heterocycles. The summed E-state index contributed by atoms with van der Waals surface area (Å²) in [6, 6.07) is 4.69. The van der Waals surface area contributed by atoms with E-state index in [1.54, 1.807) is 19.1 Å². The first kappa shape index (κ1) is 20.4. The summed E-state index contributed by atoms with van der Waals surface area (Å²) in [6.07, 6.45) is 0. The van der Waals surface area contributed by atoms with Crippen LogP contribution in [-0.4, -0.2) is 45.4 Å². The highest BCUT2D eigenvalue weighted by Gasteiger charge is 2.24. The Hall–Kier alpha value is -1.60. The third kappa shape index (κ3) is 5.79.